The van der Waals surface area contributed by atoms with E-state index in [0.29, 0.717) is 4.91 Å². The van der Waals surface area contributed by atoms with E-state index in [4.69, 9.17) is 15.6 Å². The van der Waals surface area contributed by atoms with Crippen LogP contribution >= 0.6 is 11.8 Å². The highest BCUT2D eigenvalue weighted by Crippen LogP contribution is 2.31. The number of thioether (sulfide) groups is 1. The second-order valence-electron chi connectivity index (χ2n) is 6.77. The molecule has 1 aliphatic rings. The second-order valence-corrected chi connectivity index (χ2v) is 7.83. The van der Waals surface area contributed by atoms with Crippen molar-refractivity contribution in [1.82, 2.24) is 9.78 Å². The molecule has 1 aliphatic heterocycles. The summed E-state index contributed by atoms with van der Waals surface area (Å²) in [5, 5.41) is 5.03. The number of amidine groups is 1. The number of nitrogens with zero attached hydrogens (tertiary/aromatic N) is 3. The predicted molar refractivity (Wildman–Crippen MR) is 117 cm³/mol. The van der Waals surface area contributed by atoms with E-state index in [0.717, 1.165) is 28.3 Å². The summed E-state index contributed by atoms with van der Waals surface area (Å²) in [6, 6.07) is 17.6. The normalized spacial score (nSPS) is 15.2. The highest BCUT2D eigenvalue weighted by molar-refractivity contribution is 8.18. The van der Waals surface area contributed by atoms with E-state index in [1.165, 1.54) is 11.8 Å². The lowest BCUT2D eigenvalue weighted by Gasteiger charge is -2.09. The molecule has 0 saturated heterocycles. The van der Waals surface area contributed by atoms with Gasteiger partial charge in [-0.25, -0.2) is 4.68 Å². The zero-order valence-corrected chi connectivity index (χ0v) is 16.9. The number of carbonyl (C=O) groups is 1. The average molecular weight is 404 g/mol. The summed E-state index contributed by atoms with van der Waals surface area (Å²) in [4.78, 5) is 16.3. The number of aromatic nitrogens is 2. The minimum atomic E-state index is -0.327. The molecule has 2 N–H and O–H groups in total. The molecule has 6 nitrogen and oxygen atoms in total. The van der Waals surface area contributed by atoms with Gasteiger partial charge in [-0.1, -0.05) is 18.2 Å². The van der Waals surface area contributed by atoms with Gasteiger partial charge in [-0.2, -0.15) is 10.1 Å². The molecule has 2 heterocycles. The molecule has 0 radical (unpaired) electrons. The minimum absolute atomic E-state index is 0.106. The van der Waals surface area contributed by atoms with Crippen molar-refractivity contribution < 1.29 is 9.53 Å². The molecule has 0 aliphatic carbocycles. The molecule has 29 heavy (non-hydrogen) atoms. The quantitative estimate of drug-likeness (QED) is 0.643. The van der Waals surface area contributed by atoms with Gasteiger partial charge in [-0.05, 0) is 68.1 Å². The number of ether oxygens (including phenoxy) is 1. The monoisotopic (exact) mass is 404 g/mol. The minimum Gasteiger partial charge on any atom is -0.491 e. The third-order valence-corrected chi connectivity index (χ3v) is 5.00. The highest BCUT2D eigenvalue weighted by Gasteiger charge is 2.21. The summed E-state index contributed by atoms with van der Waals surface area (Å²) in [6.45, 7) is 3.98. The van der Waals surface area contributed by atoms with Gasteiger partial charge in [-0.15, -0.1) is 0 Å². The number of hydrogen-bond acceptors (Lipinski definition) is 5. The standard InChI is InChI=1S/C22H20N4O2S/c1-14(2)28-18-10-8-15(9-11-18)20-16(12-19-21(27)24-22(23)29-19)13-26(25-20)17-6-4-3-5-7-17/h3-14H,1-2H3,(H2,23,24,27). The predicted octanol–water partition coefficient (Wildman–Crippen LogP) is 4.26. The zero-order chi connectivity index (χ0) is 20.4. The Labute approximate surface area is 173 Å². The van der Waals surface area contributed by atoms with Gasteiger partial charge in [0.15, 0.2) is 5.17 Å². The number of amides is 1. The van der Waals surface area contributed by atoms with Crippen LogP contribution in [0.2, 0.25) is 0 Å². The SMILES string of the molecule is CC(C)Oc1ccc(-c2nn(-c3ccccc3)cc2C=C2SC(N)=NC2=O)cc1. The van der Waals surface area contributed by atoms with Gasteiger partial charge in [0.05, 0.1) is 22.4 Å². The number of para-hydroxylation sites is 1. The molecular weight excluding hydrogens is 384 g/mol. The first kappa shape index (κ1) is 19.0. The summed E-state index contributed by atoms with van der Waals surface area (Å²) in [5.41, 5.74) is 9.11. The Hall–Kier alpha value is -3.32. The molecule has 0 atom stereocenters. The van der Waals surface area contributed by atoms with Crippen LogP contribution < -0.4 is 10.5 Å². The van der Waals surface area contributed by atoms with Crippen LogP contribution in [0.5, 0.6) is 5.75 Å². The maximum Gasteiger partial charge on any atom is 0.286 e. The Morgan fingerprint density at radius 1 is 1.10 bits per heavy atom. The molecule has 0 bridgehead atoms. The van der Waals surface area contributed by atoms with Gasteiger partial charge in [0, 0.05) is 17.3 Å². The molecule has 1 aromatic heterocycles. The number of hydrogen-bond donors (Lipinski definition) is 1. The Balaban J connectivity index is 1.76. The fraction of sp³-hybridized carbons (Fsp3) is 0.136. The lowest BCUT2D eigenvalue weighted by Crippen LogP contribution is -2.05. The first-order valence-corrected chi connectivity index (χ1v) is 10.0. The summed E-state index contributed by atoms with van der Waals surface area (Å²) in [7, 11) is 0. The van der Waals surface area contributed by atoms with Crippen LogP contribution in [0.15, 0.2) is 70.7 Å². The Bertz CT molecular complexity index is 1100. The molecule has 1 amide bonds. The fourth-order valence-corrected chi connectivity index (χ4v) is 3.63. The van der Waals surface area contributed by atoms with Crippen LogP contribution in [0.25, 0.3) is 23.0 Å². The summed E-state index contributed by atoms with van der Waals surface area (Å²) in [6.07, 6.45) is 3.80. The molecule has 0 spiro atoms. The molecule has 0 saturated carbocycles. The number of rotatable bonds is 5. The van der Waals surface area contributed by atoms with Crippen molar-refractivity contribution in [2.24, 2.45) is 10.7 Å². The maximum absolute atomic E-state index is 12.1. The van der Waals surface area contributed by atoms with Gasteiger partial charge in [0.1, 0.15) is 5.75 Å². The van der Waals surface area contributed by atoms with Crippen molar-refractivity contribution in [2.45, 2.75) is 20.0 Å². The van der Waals surface area contributed by atoms with Gasteiger partial charge >= 0.3 is 0 Å². The van der Waals surface area contributed by atoms with Gasteiger partial charge < -0.3 is 10.5 Å². The molecule has 2 aromatic carbocycles. The third kappa shape index (κ3) is 4.25. The molecule has 146 valence electrons. The number of carbonyl (C=O) groups excluding carboxylic acids is 1. The van der Waals surface area contributed by atoms with E-state index in [1.807, 2.05) is 74.6 Å². The fourth-order valence-electron chi connectivity index (χ4n) is 2.96. The van der Waals surface area contributed by atoms with Gasteiger partial charge in [0.2, 0.25) is 0 Å². The largest absolute Gasteiger partial charge is 0.491 e. The van der Waals surface area contributed by atoms with E-state index in [2.05, 4.69) is 4.99 Å². The van der Waals surface area contributed by atoms with Crippen molar-refractivity contribution in [3.05, 3.63) is 71.3 Å². The summed E-state index contributed by atoms with van der Waals surface area (Å²) in [5.74, 6) is 0.473. The summed E-state index contributed by atoms with van der Waals surface area (Å²) >= 11 is 1.17. The summed E-state index contributed by atoms with van der Waals surface area (Å²) < 4.78 is 7.53. The van der Waals surface area contributed by atoms with E-state index in [1.54, 1.807) is 10.8 Å². The highest BCUT2D eigenvalue weighted by atomic mass is 32.2. The number of nitrogens with two attached hydrogens (primary N) is 1. The maximum atomic E-state index is 12.1. The topological polar surface area (TPSA) is 82.5 Å². The van der Waals surface area contributed by atoms with E-state index < -0.39 is 0 Å². The Kier molecular flexibility index (Phi) is 5.22. The van der Waals surface area contributed by atoms with E-state index in [-0.39, 0.29) is 17.2 Å². The lowest BCUT2D eigenvalue weighted by atomic mass is 10.1. The van der Waals surface area contributed by atoms with Crippen LogP contribution in [0.3, 0.4) is 0 Å². The molecule has 0 fully saturated rings. The average Bonchev–Trinajstić information content (AvgIpc) is 3.26. The van der Waals surface area contributed by atoms with E-state index in [9.17, 15) is 4.79 Å². The Morgan fingerprint density at radius 3 is 2.45 bits per heavy atom. The van der Waals surface area contributed by atoms with Crippen LogP contribution in [0, 0.1) is 0 Å². The van der Waals surface area contributed by atoms with Crippen LogP contribution in [-0.4, -0.2) is 27.0 Å². The molecule has 7 heteroatoms. The molecule has 3 aromatic rings. The first-order chi connectivity index (χ1) is 14.0. The number of aliphatic imine (C=N–C) groups is 1. The van der Waals surface area contributed by atoms with Crippen molar-refractivity contribution >= 4 is 28.9 Å². The first-order valence-electron chi connectivity index (χ1n) is 9.20. The molecular formula is C22H20N4O2S. The number of benzene rings is 2. The van der Waals surface area contributed by atoms with Gasteiger partial charge in [-0.3, -0.25) is 4.79 Å². The van der Waals surface area contributed by atoms with Crippen molar-refractivity contribution in [3.8, 4) is 22.7 Å². The van der Waals surface area contributed by atoms with Crippen LogP contribution in [0.1, 0.15) is 19.4 Å². The van der Waals surface area contributed by atoms with Crippen LogP contribution in [-0.2, 0) is 4.79 Å². The van der Waals surface area contributed by atoms with Crippen LogP contribution in [0.4, 0.5) is 0 Å². The third-order valence-electron chi connectivity index (χ3n) is 4.19. The zero-order valence-electron chi connectivity index (χ0n) is 16.1. The molecule has 4 rings (SSSR count). The Morgan fingerprint density at radius 2 is 1.83 bits per heavy atom. The lowest BCUT2D eigenvalue weighted by molar-refractivity contribution is -0.113. The van der Waals surface area contributed by atoms with E-state index >= 15 is 0 Å². The van der Waals surface area contributed by atoms with Crippen molar-refractivity contribution in [2.75, 3.05) is 0 Å². The second kappa shape index (κ2) is 7.97. The van der Waals surface area contributed by atoms with Crippen molar-refractivity contribution in [3.63, 3.8) is 0 Å². The molecule has 0 unspecified atom stereocenters. The smallest absolute Gasteiger partial charge is 0.286 e. The van der Waals surface area contributed by atoms with Crippen molar-refractivity contribution in [1.29, 1.82) is 0 Å². The van der Waals surface area contributed by atoms with Gasteiger partial charge in [0.25, 0.3) is 5.91 Å².